The van der Waals surface area contributed by atoms with Crippen molar-refractivity contribution >= 4 is 28.3 Å². The van der Waals surface area contributed by atoms with Gasteiger partial charge in [0.1, 0.15) is 18.1 Å². The summed E-state index contributed by atoms with van der Waals surface area (Å²) >= 11 is 0. The molecule has 1 amide bonds. The molecule has 32 heavy (non-hydrogen) atoms. The number of nitrogens with zero attached hydrogens (tertiary/aromatic N) is 2. The molecular formula is C23H20N4O5. The number of carbonyl (C=O) groups excluding carboxylic acids is 1. The van der Waals surface area contributed by atoms with Gasteiger partial charge in [-0.1, -0.05) is 18.2 Å². The largest absolute Gasteiger partial charge is 0.489 e. The second-order valence-electron chi connectivity index (χ2n) is 7.05. The van der Waals surface area contributed by atoms with Crippen molar-refractivity contribution in [3.8, 4) is 11.5 Å². The standard InChI is InChI=1S/C23H20N4O5/c1-15(32-18-5-3-2-4-6-18)23(28)24-22-20-13-19(11-12-21(20)25-26-22)31-14-16-7-9-17(10-8-16)27(29)30/h2-13,15H,14H2,1H3,(H2,24,25,26,28). The molecule has 4 rings (SSSR count). The molecule has 0 bridgehead atoms. The topological polar surface area (TPSA) is 119 Å². The Kier molecular flexibility index (Phi) is 5.98. The number of hydrogen-bond acceptors (Lipinski definition) is 6. The highest BCUT2D eigenvalue weighted by molar-refractivity contribution is 6.01. The third-order valence-corrected chi connectivity index (χ3v) is 4.75. The van der Waals surface area contributed by atoms with Crippen LogP contribution in [-0.4, -0.2) is 27.1 Å². The summed E-state index contributed by atoms with van der Waals surface area (Å²) in [7, 11) is 0. The van der Waals surface area contributed by atoms with E-state index < -0.39 is 11.0 Å². The molecule has 9 nitrogen and oxygen atoms in total. The van der Waals surface area contributed by atoms with Gasteiger partial charge in [-0.2, -0.15) is 5.10 Å². The highest BCUT2D eigenvalue weighted by atomic mass is 16.6. The van der Waals surface area contributed by atoms with Crippen molar-refractivity contribution in [2.24, 2.45) is 0 Å². The molecule has 1 unspecified atom stereocenters. The minimum absolute atomic E-state index is 0.0272. The number of carbonyl (C=O) groups is 1. The van der Waals surface area contributed by atoms with Crippen LogP contribution in [0.4, 0.5) is 11.5 Å². The first kappa shape index (κ1) is 20.9. The smallest absolute Gasteiger partial charge is 0.269 e. The highest BCUT2D eigenvalue weighted by Gasteiger charge is 2.18. The summed E-state index contributed by atoms with van der Waals surface area (Å²) in [6.07, 6.45) is -0.717. The molecule has 0 aliphatic carbocycles. The van der Waals surface area contributed by atoms with E-state index in [9.17, 15) is 14.9 Å². The Morgan fingerprint density at radius 3 is 2.56 bits per heavy atom. The van der Waals surface area contributed by atoms with Gasteiger partial charge in [0.25, 0.3) is 11.6 Å². The summed E-state index contributed by atoms with van der Waals surface area (Å²) in [4.78, 5) is 22.9. The van der Waals surface area contributed by atoms with Crippen LogP contribution >= 0.6 is 0 Å². The van der Waals surface area contributed by atoms with Crippen LogP contribution in [-0.2, 0) is 11.4 Å². The second-order valence-corrected chi connectivity index (χ2v) is 7.05. The number of nitrogens with one attached hydrogen (secondary N) is 2. The zero-order valence-corrected chi connectivity index (χ0v) is 17.1. The molecule has 0 saturated carbocycles. The van der Waals surface area contributed by atoms with E-state index in [2.05, 4.69) is 15.5 Å². The van der Waals surface area contributed by atoms with E-state index in [1.165, 1.54) is 12.1 Å². The SMILES string of the molecule is CC(Oc1ccccc1)C(=O)Nc1n[nH]c2ccc(OCc3ccc([N+](=O)[O-])cc3)cc12. The number of para-hydroxylation sites is 1. The Morgan fingerprint density at radius 2 is 1.84 bits per heavy atom. The molecule has 9 heteroatoms. The number of non-ortho nitro benzene ring substituents is 1. The van der Waals surface area contributed by atoms with Crippen molar-refractivity contribution in [2.45, 2.75) is 19.6 Å². The van der Waals surface area contributed by atoms with E-state index in [0.29, 0.717) is 22.7 Å². The van der Waals surface area contributed by atoms with Crippen molar-refractivity contribution in [3.63, 3.8) is 0 Å². The first-order chi connectivity index (χ1) is 15.5. The Bertz CT molecular complexity index is 1240. The number of benzene rings is 3. The van der Waals surface area contributed by atoms with Crippen LogP contribution in [0.15, 0.2) is 72.8 Å². The van der Waals surface area contributed by atoms with Crippen LogP contribution in [0.2, 0.25) is 0 Å². The van der Waals surface area contributed by atoms with Gasteiger partial charge in [0.2, 0.25) is 0 Å². The first-order valence-electron chi connectivity index (χ1n) is 9.86. The van der Waals surface area contributed by atoms with Gasteiger partial charge in [0.15, 0.2) is 11.9 Å². The maximum absolute atomic E-state index is 12.6. The minimum Gasteiger partial charge on any atom is -0.489 e. The lowest BCUT2D eigenvalue weighted by Gasteiger charge is -2.14. The van der Waals surface area contributed by atoms with E-state index in [1.54, 1.807) is 49.4 Å². The zero-order chi connectivity index (χ0) is 22.5. The number of aromatic nitrogens is 2. The highest BCUT2D eigenvalue weighted by Crippen LogP contribution is 2.26. The maximum Gasteiger partial charge on any atom is 0.269 e. The molecule has 3 aromatic carbocycles. The van der Waals surface area contributed by atoms with Crippen LogP contribution in [0, 0.1) is 10.1 Å². The number of ether oxygens (including phenoxy) is 2. The molecule has 0 aliphatic heterocycles. The fourth-order valence-electron chi connectivity index (χ4n) is 3.03. The van der Waals surface area contributed by atoms with Crippen LogP contribution < -0.4 is 14.8 Å². The number of amides is 1. The number of H-pyrrole nitrogens is 1. The molecule has 1 heterocycles. The number of nitro groups is 1. The van der Waals surface area contributed by atoms with Crippen molar-refractivity contribution in [2.75, 3.05) is 5.32 Å². The molecule has 162 valence electrons. The van der Waals surface area contributed by atoms with Gasteiger partial charge in [0, 0.05) is 17.5 Å². The van der Waals surface area contributed by atoms with Gasteiger partial charge in [0.05, 0.1) is 10.4 Å². The number of hydrogen-bond donors (Lipinski definition) is 2. The Hall–Kier alpha value is -4.40. The summed E-state index contributed by atoms with van der Waals surface area (Å²) < 4.78 is 11.5. The Morgan fingerprint density at radius 1 is 1.09 bits per heavy atom. The van der Waals surface area contributed by atoms with Crippen molar-refractivity contribution in [3.05, 3.63) is 88.5 Å². The fraction of sp³-hybridized carbons (Fsp3) is 0.130. The van der Waals surface area contributed by atoms with Gasteiger partial charge in [-0.25, -0.2) is 0 Å². The fourth-order valence-corrected chi connectivity index (χ4v) is 3.03. The van der Waals surface area contributed by atoms with Gasteiger partial charge in [-0.3, -0.25) is 20.0 Å². The normalized spacial score (nSPS) is 11.7. The lowest BCUT2D eigenvalue weighted by atomic mass is 10.2. The van der Waals surface area contributed by atoms with E-state index >= 15 is 0 Å². The van der Waals surface area contributed by atoms with Crippen molar-refractivity contribution in [1.29, 1.82) is 0 Å². The minimum atomic E-state index is -0.717. The van der Waals surface area contributed by atoms with E-state index in [0.717, 1.165) is 11.1 Å². The molecule has 0 saturated heterocycles. The van der Waals surface area contributed by atoms with Crippen LogP contribution in [0.5, 0.6) is 11.5 Å². The summed E-state index contributed by atoms with van der Waals surface area (Å²) in [5, 5.41) is 21.3. The lowest BCUT2D eigenvalue weighted by Crippen LogP contribution is -2.30. The van der Waals surface area contributed by atoms with E-state index in [1.807, 2.05) is 18.2 Å². The van der Waals surface area contributed by atoms with Gasteiger partial charge in [-0.05, 0) is 55.0 Å². The van der Waals surface area contributed by atoms with Crippen LogP contribution in [0.25, 0.3) is 10.9 Å². The van der Waals surface area contributed by atoms with Gasteiger partial charge >= 0.3 is 0 Å². The summed E-state index contributed by atoms with van der Waals surface area (Å²) in [5.74, 6) is 1.21. The molecule has 2 N–H and O–H groups in total. The molecule has 0 aliphatic rings. The van der Waals surface area contributed by atoms with Crippen molar-refractivity contribution < 1.29 is 19.2 Å². The number of nitro benzene ring substituents is 1. The second kappa shape index (κ2) is 9.17. The molecule has 0 radical (unpaired) electrons. The summed E-state index contributed by atoms with van der Waals surface area (Å²) in [6.45, 7) is 1.90. The average Bonchev–Trinajstić information content (AvgIpc) is 3.20. The number of aromatic amines is 1. The number of fused-ring (bicyclic) bond motifs is 1. The maximum atomic E-state index is 12.6. The van der Waals surface area contributed by atoms with Gasteiger partial charge in [-0.15, -0.1) is 0 Å². The molecule has 1 atom stereocenters. The van der Waals surface area contributed by atoms with Crippen LogP contribution in [0.1, 0.15) is 12.5 Å². The predicted octanol–water partition coefficient (Wildman–Crippen LogP) is 4.46. The van der Waals surface area contributed by atoms with E-state index in [-0.39, 0.29) is 18.2 Å². The molecule has 0 fully saturated rings. The number of anilines is 1. The van der Waals surface area contributed by atoms with E-state index in [4.69, 9.17) is 9.47 Å². The lowest BCUT2D eigenvalue weighted by molar-refractivity contribution is -0.384. The predicted molar refractivity (Wildman–Crippen MR) is 119 cm³/mol. The monoisotopic (exact) mass is 432 g/mol. The Balaban J connectivity index is 1.42. The average molecular weight is 432 g/mol. The summed E-state index contributed by atoms with van der Waals surface area (Å²) in [6, 6.07) is 20.6. The third-order valence-electron chi connectivity index (χ3n) is 4.75. The third kappa shape index (κ3) is 4.84. The first-order valence-corrected chi connectivity index (χ1v) is 9.86. The quantitative estimate of drug-likeness (QED) is 0.313. The van der Waals surface area contributed by atoms with Crippen LogP contribution in [0.3, 0.4) is 0 Å². The Labute approximate surface area is 183 Å². The van der Waals surface area contributed by atoms with Gasteiger partial charge < -0.3 is 14.8 Å². The summed E-state index contributed by atoms with van der Waals surface area (Å²) in [5.41, 5.74) is 1.56. The van der Waals surface area contributed by atoms with Crippen molar-refractivity contribution in [1.82, 2.24) is 10.2 Å². The zero-order valence-electron chi connectivity index (χ0n) is 17.1. The molecular weight excluding hydrogens is 412 g/mol. The molecule has 0 spiro atoms. The molecule has 1 aromatic heterocycles. The number of rotatable bonds is 8. The molecule has 4 aromatic rings.